The summed E-state index contributed by atoms with van der Waals surface area (Å²) in [5.41, 5.74) is 1.17. The Morgan fingerprint density at radius 3 is 2.36 bits per heavy atom. The molecular weight excluding hydrogens is 428 g/mol. The number of likely N-dealkylation sites (tertiary alicyclic amines) is 1. The monoisotopic (exact) mass is 472 g/mol. The number of hydrogen-bond acceptors (Lipinski definition) is 6. The molecule has 0 radical (unpaired) electrons. The number of rotatable bonds is 5. The number of ether oxygens (including phenoxy) is 1. The van der Waals surface area contributed by atoms with E-state index in [0.717, 1.165) is 38.4 Å². The Kier molecular flexibility index (Phi) is 7.01. The van der Waals surface area contributed by atoms with Crippen LogP contribution in [0.1, 0.15) is 72.1 Å². The fourth-order valence-corrected chi connectivity index (χ4v) is 7.23. The normalized spacial score (nSPS) is 26.0. The number of pyridine rings is 1. The van der Waals surface area contributed by atoms with Crippen molar-refractivity contribution in [3.63, 3.8) is 0 Å². The number of hydrogen-bond donors (Lipinski definition) is 0. The first-order valence-electron chi connectivity index (χ1n) is 13.3. The molecule has 5 heterocycles. The van der Waals surface area contributed by atoms with Crippen LogP contribution in [0.15, 0.2) is 23.2 Å². The van der Waals surface area contributed by atoms with Gasteiger partial charge in [-0.15, -0.1) is 0 Å². The Hall–Kier alpha value is -0.820. The van der Waals surface area contributed by atoms with E-state index in [0.29, 0.717) is 10.8 Å². The number of aromatic nitrogens is 1. The SMILES string of the molecule is CC(C)(C)CCN1CCC2(CC1)CCN(Sc1ccc(N3CCC4(CCCO4)CC3)nc1)C2. The van der Waals surface area contributed by atoms with E-state index in [-0.39, 0.29) is 5.60 Å². The highest BCUT2D eigenvalue weighted by Gasteiger charge is 2.41. The van der Waals surface area contributed by atoms with Gasteiger partial charge in [0.1, 0.15) is 5.82 Å². The second-order valence-electron chi connectivity index (χ2n) is 12.3. The Bertz CT molecular complexity index is 768. The van der Waals surface area contributed by atoms with E-state index in [1.807, 2.05) is 11.9 Å². The first-order valence-corrected chi connectivity index (χ1v) is 14.1. The minimum atomic E-state index is 0.181. The molecule has 1 aromatic rings. The lowest BCUT2D eigenvalue weighted by Crippen LogP contribution is -2.44. The summed E-state index contributed by atoms with van der Waals surface area (Å²) in [4.78, 5) is 11.3. The quantitative estimate of drug-likeness (QED) is 0.529. The van der Waals surface area contributed by atoms with E-state index in [2.05, 4.69) is 53.2 Å². The van der Waals surface area contributed by atoms with Gasteiger partial charge in [-0.05, 0) is 106 Å². The third-order valence-electron chi connectivity index (χ3n) is 8.64. The fourth-order valence-electron chi connectivity index (χ4n) is 6.18. The molecule has 5 nitrogen and oxygen atoms in total. The summed E-state index contributed by atoms with van der Waals surface area (Å²) in [6.45, 7) is 16.5. The fraction of sp³-hybridized carbons (Fsp3) is 0.815. The zero-order valence-corrected chi connectivity index (χ0v) is 22.0. The molecule has 5 rings (SSSR count). The van der Waals surface area contributed by atoms with Crippen LogP contribution in [0.4, 0.5) is 5.82 Å². The number of anilines is 1. The molecule has 0 aliphatic carbocycles. The van der Waals surface area contributed by atoms with Crippen LogP contribution in [-0.2, 0) is 4.74 Å². The summed E-state index contributed by atoms with van der Waals surface area (Å²) in [6, 6.07) is 4.51. The van der Waals surface area contributed by atoms with Crippen molar-refractivity contribution >= 4 is 17.8 Å². The molecule has 0 bridgehead atoms. The highest BCUT2D eigenvalue weighted by Crippen LogP contribution is 2.44. The van der Waals surface area contributed by atoms with Crippen LogP contribution < -0.4 is 4.90 Å². The zero-order valence-electron chi connectivity index (χ0n) is 21.2. The zero-order chi connectivity index (χ0) is 22.9. The van der Waals surface area contributed by atoms with Crippen LogP contribution in [0.2, 0.25) is 0 Å². The Morgan fingerprint density at radius 2 is 1.73 bits per heavy atom. The molecule has 0 saturated carbocycles. The molecule has 2 spiro atoms. The third-order valence-corrected chi connectivity index (χ3v) is 9.66. The van der Waals surface area contributed by atoms with Crippen molar-refractivity contribution in [1.29, 1.82) is 0 Å². The predicted octanol–water partition coefficient (Wildman–Crippen LogP) is 5.46. The molecule has 4 saturated heterocycles. The van der Waals surface area contributed by atoms with Gasteiger partial charge in [0.25, 0.3) is 0 Å². The van der Waals surface area contributed by atoms with Crippen molar-refractivity contribution in [2.75, 3.05) is 57.3 Å². The van der Waals surface area contributed by atoms with E-state index in [1.54, 1.807) is 0 Å². The molecule has 0 N–H and O–H groups in total. The van der Waals surface area contributed by atoms with Crippen molar-refractivity contribution in [3.05, 3.63) is 18.3 Å². The van der Waals surface area contributed by atoms with Crippen LogP contribution >= 0.6 is 11.9 Å². The van der Waals surface area contributed by atoms with Crippen molar-refractivity contribution in [2.24, 2.45) is 10.8 Å². The van der Waals surface area contributed by atoms with E-state index in [4.69, 9.17) is 9.72 Å². The summed E-state index contributed by atoms with van der Waals surface area (Å²) >= 11 is 1.92. The van der Waals surface area contributed by atoms with Gasteiger partial charge < -0.3 is 14.5 Å². The summed E-state index contributed by atoms with van der Waals surface area (Å²) in [7, 11) is 0. The van der Waals surface area contributed by atoms with Crippen molar-refractivity contribution < 1.29 is 4.74 Å². The topological polar surface area (TPSA) is 31.8 Å². The smallest absolute Gasteiger partial charge is 0.128 e. The minimum absolute atomic E-state index is 0.181. The van der Waals surface area contributed by atoms with Gasteiger partial charge in [0.05, 0.1) is 5.60 Å². The van der Waals surface area contributed by atoms with Crippen molar-refractivity contribution in [1.82, 2.24) is 14.2 Å². The molecule has 33 heavy (non-hydrogen) atoms. The van der Waals surface area contributed by atoms with E-state index < -0.39 is 0 Å². The standard InChI is InChI=1S/C27H44N4OS/c1-25(2,3)8-14-29-15-9-26(10-16-29)11-19-31(22-26)33-23-5-6-24(28-21-23)30-17-12-27(13-18-30)7-4-20-32-27/h5-6,21H,4,7-20,22H2,1-3H3. The van der Waals surface area contributed by atoms with E-state index in [1.165, 1.54) is 76.1 Å². The van der Waals surface area contributed by atoms with Gasteiger partial charge in [-0.1, -0.05) is 20.8 Å². The summed E-state index contributed by atoms with van der Waals surface area (Å²) < 4.78 is 8.68. The van der Waals surface area contributed by atoms with Gasteiger partial charge in [-0.3, -0.25) is 0 Å². The first-order chi connectivity index (χ1) is 15.8. The summed E-state index contributed by atoms with van der Waals surface area (Å²) in [6.07, 6.45) is 12.3. The highest BCUT2D eigenvalue weighted by molar-refractivity contribution is 7.97. The molecule has 0 unspecified atom stereocenters. The summed E-state index contributed by atoms with van der Waals surface area (Å²) in [5.74, 6) is 1.13. The van der Waals surface area contributed by atoms with E-state index >= 15 is 0 Å². The highest BCUT2D eigenvalue weighted by atomic mass is 32.2. The van der Waals surface area contributed by atoms with Gasteiger partial charge in [-0.2, -0.15) is 0 Å². The van der Waals surface area contributed by atoms with Gasteiger partial charge >= 0.3 is 0 Å². The number of nitrogens with zero attached hydrogens (tertiary/aromatic N) is 4. The first kappa shape index (κ1) is 23.9. The number of piperidine rings is 2. The maximum absolute atomic E-state index is 6.08. The van der Waals surface area contributed by atoms with Crippen molar-refractivity contribution in [3.8, 4) is 0 Å². The molecule has 0 amide bonds. The van der Waals surface area contributed by atoms with Crippen LogP contribution in [0, 0.1) is 10.8 Å². The molecule has 0 atom stereocenters. The second-order valence-corrected chi connectivity index (χ2v) is 13.5. The predicted molar refractivity (Wildman–Crippen MR) is 138 cm³/mol. The van der Waals surface area contributed by atoms with Crippen molar-refractivity contribution in [2.45, 2.75) is 82.6 Å². The second kappa shape index (κ2) is 9.67. The van der Waals surface area contributed by atoms with Gasteiger partial charge in [0.2, 0.25) is 0 Å². The maximum atomic E-state index is 6.08. The van der Waals surface area contributed by atoms with Crippen LogP contribution in [-0.4, -0.2) is 72.2 Å². The average molecular weight is 473 g/mol. The molecule has 6 heteroatoms. The molecule has 4 fully saturated rings. The largest absolute Gasteiger partial charge is 0.375 e. The Morgan fingerprint density at radius 1 is 0.970 bits per heavy atom. The van der Waals surface area contributed by atoms with Crippen LogP contribution in [0.3, 0.4) is 0 Å². The summed E-state index contributed by atoms with van der Waals surface area (Å²) in [5, 5.41) is 0. The molecule has 0 aromatic carbocycles. The lowest BCUT2D eigenvalue weighted by molar-refractivity contribution is -0.0147. The Balaban J connectivity index is 1.08. The molecule has 4 aliphatic heterocycles. The van der Waals surface area contributed by atoms with Gasteiger partial charge in [0.15, 0.2) is 0 Å². The maximum Gasteiger partial charge on any atom is 0.128 e. The van der Waals surface area contributed by atoms with E-state index in [9.17, 15) is 0 Å². The average Bonchev–Trinajstić information content (AvgIpc) is 3.42. The van der Waals surface area contributed by atoms with Gasteiger partial charge in [0, 0.05) is 43.9 Å². The van der Waals surface area contributed by atoms with Crippen LogP contribution in [0.5, 0.6) is 0 Å². The van der Waals surface area contributed by atoms with Gasteiger partial charge in [-0.25, -0.2) is 9.29 Å². The lowest BCUT2D eigenvalue weighted by Gasteiger charge is -2.40. The van der Waals surface area contributed by atoms with Crippen LogP contribution in [0.25, 0.3) is 0 Å². The molecular formula is C27H44N4OS. The molecule has 4 aliphatic rings. The lowest BCUT2D eigenvalue weighted by atomic mass is 9.77. The molecule has 1 aromatic heterocycles. The third kappa shape index (κ3) is 5.88. The molecule has 184 valence electrons. The minimum Gasteiger partial charge on any atom is -0.375 e. The Labute approximate surface area is 205 Å².